The van der Waals surface area contributed by atoms with Crippen LogP contribution in [0.2, 0.25) is 0 Å². The Balaban J connectivity index is 1.64. The molecule has 1 aromatic rings. The largest absolute Gasteiger partial charge is 0.378 e. The molecule has 0 bridgehead atoms. The van der Waals surface area contributed by atoms with Crippen LogP contribution in [0.1, 0.15) is 48.9 Å². The molecule has 1 aliphatic carbocycles. The molecule has 0 radical (unpaired) electrons. The first-order valence-corrected chi connectivity index (χ1v) is 9.14. The Kier molecular flexibility index (Phi) is 7.66. The predicted octanol–water partition coefficient (Wildman–Crippen LogP) is 2.86. The summed E-state index contributed by atoms with van der Waals surface area (Å²) in [4.78, 5) is 10.1. The van der Waals surface area contributed by atoms with Gasteiger partial charge in [-0.25, -0.2) is 9.98 Å². The lowest BCUT2D eigenvalue weighted by Gasteiger charge is -2.13. The average Bonchev–Trinajstić information content (AvgIpc) is 3.16. The SMILES string of the molecule is CCNC(=NCc1ncc(C)s1)NCCCOC1CCCC1. The maximum atomic E-state index is 5.87. The molecule has 2 rings (SSSR count). The van der Waals surface area contributed by atoms with Gasteiger partial charge in [0.05, 0.1) is 12.6 Å². The number of rotatable bonds is 8. The van der Waals surface area contributed by atoms with Crippen LogP contribution < -0.4 is 10.6 Å². The van der Waals surface area contributed by atoms with Crippen LogP contribution in [0.25, 0.3) is 0 Å². The number of nitrogens with one attached hydrogen (secondary N) is 2. The monoisotopic (exact) mass is 324 g/mol. The average molecular weight is 324 g/mol. The maximum absolute atomic E-state index is 5.87. The molecule has 0 aliphatic heterocycles. The van der Waals surface area contributed by atoms with Crippen LogP contribution >= 0.6 is 11.3 Å². The fourth-order valence-corrected chi connectivity index (χ4v) is 3.26. The van der Waals surface area contributed by atoms with E-state index in [-0.39, 0.29) is 0 Å². The van der Waals surface area contributed by atoms with E-state index in [0.717, 1.165) is 37.1 Å². The lowest BCUT2D eigenvalue weighted by molar-refractivity contribution is 0.0574. The summed E-state index contributed by atoms with van der Waals surface area (Å²) in [6, 6.07) is 0. The highest BCUT2D eigenvalue weighted by atomic mass is 32.1. The highest BCUT2D eigenvalue weighted by Crippen LogP contribution is 2.20. The minimum atomic E-state index is 0.509. The van der Waals surface area contributed by atoms with Crippen molar-refractivity contribution in [1.29, 1.82) is 0 Å². The third-order valence-corrected chi connectivity index (χ3v) is 4.55. The number of guanidine groups is 1. The van der Waals surface area contributed by atoms with E-state index in [4.69, 9.17) is 4.74 Å². The van der Waals surface area contributed by atoms with Gasteiger partial charge >= 0.3 is 0 Å². The van der Waals surface area contributed by atoms with Crippen molar-refractivity contribution in [2.45, 2.75) is 58.6 Å². The Morgan fingerprint density at radius 3 is 2.91 bits per heavy atom. The fourth-order valence-electron chi connectivity index (χ4n) is 2.55. The number of hydrogen-bond donors (Lipinski definition) is 2. The highest BCUT2D eigenvalue weighted by molar-refractivity contribution is 7.11. The molecule has 5 nitrogen and oxygen atoms in total. The van der Waals surface area contributed by atoms with Gasteiger partial charge in [0.25, 0.3) is 0 Å². The molecule has 0 unspecified atom stereocenters. The first-order valence-electron chi connectivity index (χ1n) is 8.33. The molecule has 0 atom stereocenters. The first-order chi connectivity index (χ1) is 10.8. The summed E-state index contributed by atoms with van der Waals surface area (Å²) in [6.45, 7) is 7.36. The zero-order valence-electron chi connectivity index (χ0n) is 13.7. The highest BCUT2D eigenvalue weighted by Gasteiger charge is 2.14. The molecule has 124 valence electrons. The number of aromatic nitrogens is 1. The summed E-state index contributed by atoms with van der Waals surface area (Å²) >= 11 is 1.70. The van der Waals surface area contributed by atoms with Crippen LogP contribution in [0.15, 0.2) is 11.2 Å². The Morgan fingerprint density at radius 1 is 1.41 bits per heavy atom. The van der Waals surface area contributed by atoms with Crippen LogP contribution in [-0.4, -0.2) is 36.7 Å². The predicted molar refractivity (Wildman–Crippen MR) is 92.5 cm³/mol. The molecule has 6 heteroatoms. The lowest BCUT2D eigenvalue weighted by Crippen LogP contribution is -2.38. The van der Waals surface area contributed by atoms with Gasteiger partial charge in [0, 0.05) is 30.8 Å². The molecule has 1 saturated carbocycles. The molecule has 1 aliphatic rings. The molecule has 1 aromatic heterocycles. The van der Waals surface area contributed by atoms with Gasteiger partial charge in [-0.1, -0.05) is 12.8 Å². The number of thiazole rings is 1. The molecular weight excluding hydrogens is 296 g/mol. The van der Waals surface area contributed by atoms with Crippen molar-refractivity contribution >= 4 is 17.3 Å². The summed E-state index contributed by atoms with van der Waals surface area (Å²) < 4.78 is 5.87. The number of ether oxygens (including phenoxy) is 1. The molecular formula is C16H28N4OS. The van der Waals surface area contributed by atoms with Crippen molar-refractivity contribution in [1.82, 2.24) is 15.6 Å². The number of nitrogens with zero attached hydrogens (tertiary/aromatic N) is 2. The smallest absolute Gasteiger partial charge is 0.191 e. The van der Waals surface area contributed by atoms with E-state index in [1.165, 1.54) is 30.6 Å². The van der Waals surface area contributed by atoms with Gasteiger partial charge in [-0.15, -0.1) is 11.3 Å². The van der Waals surface area contributed by atoms with Crippen molar-refractivity contribution in [3.8, 4) is 0 Å². The van der Waals surface area contributed by atoms with E-state index in [0.29, 0.717) is 12.6 Å². The first kappa shape index (κ1) is 17.2. The second kappa shape index (κ2) is 9.79. The topological polar surface area (TPSA) is 58.5 Å². The van der Waals surface area contributed by atoms with Gasteiger partial charge in [0.2, 0.25) is 0 Å². The number of hydrogen-bond acceptors (Lipinski definition) is 4. The van der Waals surface area contributed by atoms with Crippen LogP contribution in [0, 0.1) is 6.92 Å². The van der Waals surface area contributed by atoms with Gasteiger partial charge in [0.15, 0.2) is 5.96 Å². The summed E-state index contributed by atoms with van der Waals surface area (Å²) in [5.41, 5.74) is 0. The third-order valence-electron chi connectivity index (χ3n) is 3.66. The number of aryl methyl sites for hydroxylation is 1. The molecule has 0 spiro atoms. The molecule has 2 N–H and O–H groups in total. The minimum absolute atomic E-state index is 0.509. The van der Waals surface area contributed by atoms with Crippen LogP contribution in [0.5, 0.6) is 0 Å². The van der Waals surface area contributed by atoms with Crippen molar-refractivity contribution in [2.24, 2.45) is 4.99 Å². The molecule has 22 heavy (non-hydrogen) atoms. The van der Waals surface area contributed by atoms with Gasteiger partial charge < -0.3 is 15.4 Å². The van der Waals surface area contributed by atoms with Crippen molar-refractivity contribution in [2.75, 3.05) is 19.7 Å². The van der Waals surface area contributed by atoms with E-state index >= 15 is 0 Å². The van der Waals surface area contributed by atoms with E-state index < -0.39 is 0 Å². The summed E-state index contributed by atoms with van der Waals surface area (Å²) in [7, 11) is 0. The standard InChI is InChI=1S/C16H28N4OS/c1-3-17-16(20-12-15-19-11-13(2)22-15)18-9-6-10-21-14-7-4-5-8-14/h11,14H,3-10,12H2,1-2H3,(H2,17,18,20). The van der Waals surface area contributed by atoms with Crippen LogP contribution in [0.3, 0.4) is 0 Å². The normalized spacial score (nSPS) is 16.2. The Bertz CT molecular complexity index is 455. The van der Waals surface area contributed by atoms with E-state index in [1.54, 1.807) is 11.3 Å². The van der Waals surface area contributed by atoms with Gasteiger partial charge in [-0.3, -0.25) is 0 Å². The van der Waals surface area contributed by atoms with E-state index in [9.17, 15) is 0 Å². The second-order valence-corrected chi connectivity index (χ2v) is 6.94. The zero-order valence-corrected chi connectivity index (χ0v) is 14.5. The van der Waals surface area contributed by atoms with Crippen molar-refractivity contribution in [3.63, 3.8) is 0 Å². The molecule has 0 amide bonds. The molecule has 1 heterocycles. The number of aliphatic imine (C=N–C) groups is 1. The second-order valence-electron chi connectivity index (χ2n) is 5.62. The van der Waals surface area contributed by atoms with Crippen LogP contribution in [-0.2, 0) is 11.3 Å². The van der Waals surface area contributed by atoms with Gasteiger partial charge in [0.1, 0.15) is 5.01 Å². The summed E-state index contributed by atoms with van der Waals surface area (Å²) in [6.07, 6.45) is 8.56. The van der Waals surface area contributed by atoms with Crippen molar-refractivity contribution in [3.05, 3.63) is 16.1 Å². The van der Waals surface area contributed by atoms with Gasteiger partial charge in [-0.05, 0) is 33.1 Å². The maximum Gasteiger partial charge on any atom is 0.191 e. The Morgan fingerprint density at radius 2 is 2.23 bits per heavy atom. The quantitative estimate of drug-likeness (QED) is 0.438. The molecule has 0 saturated heterocycles. The minimum Gasteiger partial charge on any atom is -0.378 e. The Hall–Kier alpha value is -1.14. The lowest BCUT2D eigenvalue weighted by atomic mass is 10.3. The fraction of sp³-hybridized carbons (Fsp3) is 0.750. The Labute approximate surface area is 137 Å². The van der Waals surface area contributed by atoms with E-state index in [1.807, 2.05) is 6.20 Å². The summed E-state index contributed by atoms with van der Waals surface area (Å²) in [5.74, 6) is 0.858. The van der Waals surface area contributed by atoms with Gasteiger partial charge in [-0.2, -0.15) is 0 Å². The molecule has 1 fully saturated rings. The zero-order chi connectivity index (χ0) is 15.6. The third kappa shape index (κ3) is 6.32. The van der Waals surface area contributed by atoms with Crippen molar-refractivity contribution < 1.29 is 4.74 Å². The molecule has 0 aromatic carbocycles. The van der Waals surface area contributed by atoms with E-state index in [2.05, 4.69) is 34.5 Å². The summed E-state index contributed by atoms with van der Waals surface area (Å²) in [5, 5.41) is 7.68. The van der Waals surface area contributed by atoms with Crippen LogP contribution in [0.4, 0.5) is 0 Å².